The summed E-state index contributed by atoms with van der Waals surface area (Å²) in [5, 5.41) is 22.2. The summed E-state index contributed by atoms with van der Waals surface area (Å²) < 4.78 is 0. The van der Waals surface area contributed by atoms with Crippen molar-refractivity contribution in [1.82, 2.24) is 15.2 Å². The number of aromatic nitrogens is 3. The Balaban J connectivity index is 1.72. The topological polar surface area (TPSA) is 106 Å². The first-order valence-electron chi connectivity index (χ1n) is 8.39. The third-order valence-corrected chi connectivity index (χ3v) is 4.42. The molecule has 140 valence electrons. The number of rotatable bonds is 6. The lowest BCUT2D eigenvalue weighted by Gasteiger charge is -2.08. The van der Waals surface area contributed by atoms with Gasteiger partial charge in [0, 0.05) is 22.8 Å². The number of benzene rings is 2. The Kier molecular flexibility index (Phi) is 5.72. The fourth-order valence-corrected chi connectivity index (χ4v) is 2.82. The lowest BCUT2D eigenvalue weighted by atomic mass is 10.1. The van der Waals surface area contributed by atoms with Crippen LogP contribution in [0.3, 0.4) is 0 Å². The highest BCUT2D eigenvalue weighted by Gasteiger charge is 2.10. The van der Waals surface area contributed by atoms with Crippen LogP contribution in [-0.4, -0.2) is 21.1 Å². The number of nitriles is 1. The van der Waals surface area contributed by atoms with E-state index in [4.69, 9.17) is 16.9 Å². The second-order valence-corrected chi connectivity index (χ2v) is 6.43. The quantitative estimate of drug-likeness (QED) is 0.433. The highest BCUT2D eigenvalue weighted by atomic mass is 35.5. The lowest BCUT2D eigenvalue weighted by Crippen LogP contribution is -2.12. The van der Waals surface area contributed by atoms with Crippen LogP contribution >= 0.6 is 11.6 Å². The van der Waals surface area contributed by atoms with Crippen molar-refractivity contribution < 1.29 is 4.79 Å². The SMILES string of the molecule is C=C(C#N)C(=O)Nc1cccc(-c2nc(NCc3c(C)cccc3Cl)n[nH]2)c1. The van der Waals surface area contributed by atoms with Crippen molar-refractivity contribution in [1.29, 1.82) is 5.26 Å². The zero-order valence-corrected chi connectivity index (χ0v) is 15.8. The van der Waals surface area contributed by atoms with Crippen molar-refractivity contribution in [2.75, 3.05) is 10.6 Å². The number of H-pyrrole nitrogens is 1. The predicted molar refractivity (Wildman–Crippen MR) is 109 cm³/mol. The molecule has 0 saturated heterocycles. The number of aryl methyl sites for hydroxylation is 1. The molecular formula is C20H17ClN6O. The number of anilines is 2. The highest BCUT2D eigenvalue weighted by molar-refractivity contribution is 6.31. The van der Waals surface area contributed by atoms with Gasteiger partial charge < -0.3 is 10.6 Å². The third kappa shape index (κ3) is 4.37. The average Bonchev–Trinajstić information content (AvgIpc) is 3.16. The molecule has 3 rings (SSSR count). The van der Waals surface area contributed by atoms with Crippen LogP contribution in [-0.2, 0) is 11.3 Å². The number of halogens is 1. The fraction of sp³-hybridized carbons (Fsp3) is 0.100. The summed E-state index contributed by atoms with van der Waals surface area (Å²) in [6.07, 6.45) is 0. The summed E-state index contributed by atoms with van der Waals surface area (Å²) in [7, 11) is 0. The van der Waals surface area contributed by atoms with Gasteiger partial charge in [0.1, 0.15) is 11.6 Å². The number of hydrogen-bond donors (Lipinski definition) is 3. The first-order chi connectivity index (χ1) is 13.5. The number of carbonyl (C=O) groups excluding carboxylic acids is 1. The van der Waals surface area contributed by atoms with Crippen LogP contribution in [0.2, 0.25) is 5.02 Å². The Hall–Kier alpha value is -3.63. The highest BCUT2D eigenvalue weighted by Crippen LogP contribution is 2.22. The molecule has 0 atom stereocenters. The van der Waals surface area contributed by atoms with E-state index in [1.165, 1.54) is 0 Å². The van der Waals surface area contributed by atoms with Gasteiger partial charge in [0.15, 0.2) is 5.82 Å². The number of hydrogen-bond acceptors (Lipinski definition) is 5. The number of nitrogens with zero attached hydrogens (tertiary/aromatic N) is 3. The smallest absolute Gasteiger partial charge is 0.265 e. The van der Waals surface area contributed by atoms with E-state index in [2.05, 4.69) is 32.4 Å². The maximum absolute atomic E-state index is 11.8. The van der Waals surface area contributed by atoms with Crippen molar-refractivity contribution in [3.05, 3.63) is 70.8 Å². The Bertz CT molecular complexity index is 1060. The minimum Gasteiger partial charge on any atom is -0.349 e. The molecule has 0 bridgehead atoms. The van der Waals surface area contributed by atoms with Gasteiger partial charge in [0.25, 0.3) is 5.91 Å². The van der Waals surface area contributed by atoms with Crippen molar-refractivity contribution >= 4 is 29.1 Å². The normalized spacial score (nSPS) is 10.2. The lowest BCUT2D eigenvalue weighted by molar-refractivity contribution is -0.112. The van der Waals surface area contributed by atoms with Gasteiger partial charge in [0.2, 0.25) is 5.95 Å². The molecule has 0 aliphatic carbocycles. The molecule has 0 aliphatic heterocycles. The molecule has 0 saturated carbocycles. The van der Waals surface area contributed by atoms with Crippen molar-refractivity contribution in [3.63, 3.8) is 0 Å². The van der Waals surface area contributed by atoms with Gasteiger partial charge in [-0.15, -0.1) is 5.10 Å². The molecule has 0 radical (unpaired) electrons. The van der Waals surface area contributed by atoms with E-state index in [0.29, 0.717) is 29.0 Å². The van der Waals surface area contributed by atoms with Crippen LogP contribution in [0.5, 0.6) is 0 Å². The summed E-state index contributed by atoms with van der Waals surface area (Å²) in [4.78, 5) is 16.2. The molecule has 0 fully saturated rings. The largest absolute Gasteiger partial charge is 0.349 e. The molecule has 3 aromatic rings. The molecule has 7 nitrogen and oxygen atoms in total. The van der Waals surface area contributed by atoms with E-state index in [1.54, 1.807) is 24.3 Å². The molecule has 28 heavy (non-hydrogen) atoms. The monoisotopic (exact) mass is 392 g/mol. The van der Waals surface area contributed by atoms with Crippen molar-refractivity contribution in [3.8, 4) is 17.5 Å². The van der Waals surface area contributed by atoms with E-state index < -0.39 is 5.91 Å². The van der Waals surface area contributed by atoms with Gasteiger partial charge in [-0.3, -0.25) is 9.89 Å². The number of nitrogens with one attached hydrogen (secondary N) is 3. The number of carbonyl (C=O) groups is 1. The Labute approximate surface area is 167 Å². The van der Waals surface area contributed by atoms with Gasteiger partial charge in [-0.05, 0) is 36.2 Å². The van der Waals surface area contributed by atoms with Crippen LogP contribution in [0.25, 0.3) is 11.4 Å². The first kappa shape index (κ1) is 19.1. The standard InChI is InChI=1S/C20H17ClN6O/c1-12-5-3-8-17(21)16(12)11-23-20-25-18(26-27-20)14-6-4-7-15(9-14)24-19(28)13(2)10-22/h3-9H,2,11H2,1H3,(H,24,28)(H2,23,25,26,27). The minimum absolute atomic E-state index is 0.161. The molecule has 1 heterocycles. The van der Waals surface area contributed by atoms with E-state index in [9.17, 15) is 4.79 Å². The van der Waals surface area contributed by atoms with Gasteiger partial charge in [-0.1, -0.05) is 42.4 Å². The summed E-state index contributed by atoms with van der Waals surface area (Å²) in [5.41, 5.74) is 3.16. The maximum atomic E-state index is 11.8. The average molecular weight is 393 g/mol. The van der Waals surface area contributed by atoms with Crippen LogP contribution in [0.1, 0.15) is 11.1 Å². The first-order valence-corrected chi connectivity index (χ1v) is 8.77. The summed E-state index contributed by atoms with van der Waals surface area (Å²) in [6, 6.07) is 14.5. The van der Waals surface area contributed by atoms with Crippen LogP contribution < -0.4 is 10.6 Å². The second kappa shape index (κ2) is 8.37. The van der Waals surface area contributed by atoms with E-state index in [0.717, 1.165) is 16.7 Å². The van der Waals surface area contributed by atoms with E-state index in [1.807, 2.05) is 31.2 Å². The summed E-state index contributed by atoms with van der Waals surface area (Å²) in [5.74, 6) is 0.421. The Morgan fingerprint density at radius 1 is 1.32 bits per heavy atom. The molecule has 0 aliphatic rings. The molecule has 2 aromatic carbocycles. The molecule has 0 unspecified atom stereocenters. The Morgan fingerprint density at radius 3 is 2.86 bits per heavy atom. The number of amides is 1. The molecule has 1 amide bonds. The van der Waals surface area contributed by atoms with Crippen LogP contribution in [0, 0.1) is 18.3 Å². The second-order valence-electron chi connectivity index (χ2n) is 6.02. The fourth-order valence-electron chi connectivity index (χ4n) is 2.53. The van der Waals surface area contributed by atoms with Gasteiger partial charge in [-0.2, -0.15) is 10.2 Å². The van der Waals surface area contributed by atoms with Crippen LogP contribution in [0.15, 0.2) is 54.6 Å². The molecule has 8 heteroatoms. The predicted octanol–water partition coefficient (Wildman–Crippen LogP) is 4.06. The van der Waals surface area contributed by atoms with Crippen LogP contribution in [0.4, 0.5) is 11.6 Å². The molecule has 3 N–H and O–H groups in total. The molecular weight excluding hydrogens is 376 g/mol. The van der Waals surface area contributed by atoms with E-state index in [-0.39, 0.29) is 5.57 Å². The number of aromatic amines is 1. The van der Waals surface area contributed by atoms with Crippen molar-refractivity contribution in [2.24, 2.45) is 0 Å². The Morgan fingerprint density at radius 2 is 2.11 bits per heavy atom. The summed E-state index contributed by atoms with van der Waals surface area (Å²) in [6.45, 7) is 5.88. The molecule has 1 aromatic heterocycles. The van der Waals surface area contributed by atoms with E-state index >= 15 is 0 Å². The zero-order chi connectivity index (χ0) is 20.1. The van der Waals surface area contributed by atoms with Gasteiger partial charge in [-0.25, -0.2) is 0 Å². The molecule has 0 spiro atoms. The minimum atomic E-state index is -0.547. The maximum Gasteiger partial charge on any atom is 0.265 e. The summed E-state index contributed by atoms with van der Waals surface area (Å²) >= 11 is 6.24. The third-order valence-electron chi connectivity index (χ3n) is 4.06. The zero-order valence-electron chi connectivity index (χ0n) is 15.1. The van der Waals surface area contributed by atoms with Gasteiger partial charge >= 0.3 is 0 Å². The van der Waals surface area contributed by atoms with Gasteiger partial charge in [0.05, 0.1) is 0 Å². The van der Waals surface area contributed by atoms with Crippen molar-refractivity contribution in [2.45, 2.75) is 13.5 Å².